The van der Waals surface area contributed by atoms with Crippen LogP contribution in [-0.2, 0) is 9.47 Å². The van der Waals surface area contributed by atoms with Crippen LogP contribution in [0.25, 0.3) is 0 Å². The summed E-state index contributed by atoms with van der Waals surface area (Å²) in [4.78, 5) is 0. The second kappa shape index (κ2) is 2.36. The predicted molar refractivity (Wildman–Crippen MR) is 38.1 cm³/mol. The molecule has 0 N–H and O–H groups in total. The number of hydrogen-bond acceptors (Lipinski definition) is 2. The molecule has 1 unspecified atom stereocenters. The van der Waals surface area contributed by atoms with Gasteiger partial charge in [-0.15, -0.1) is 11.6 Å². The first-order valence-corrected chi connectivity index (χ1v) is 4.19. The summed E-state index contributed by atoms with van der Waals surface area (Å²) in [7, 11) is 0. The van der Waals surface area contributed by atoms with Crippen molar-refractivity contribution in [1.82, 2.24) is 0 Å². The number of hydrogen-bond donors (Lipinski definition) is 0. The largest absolute Gasteiger partial charge is 0.346 e. The van der Waals surface area contributed by atoms with Gasteiger partial charge in [0.1, 0.15) is 0 Å². The number of alkyl halides is 1. The normalized spacial score (nSPS) is 37.5. The summed E-state index contributed by atoms with van der Waals surface area (Å²) in [5, 5.41) is 0.0787. The van der Waals surface area contributed by atoms with Crippen molar-refractivity contribution in [2.24, 2.45) is 0 Å². The number of ether oxygens (including phenoxy) is 2. The van der Waals surface area contributed by atoms with Crippen LogP contribution in [0.4, 0.5) is 0 Å². The minimum Gasteiger partial charge on any atom is -0.346 e. The van der Waals surface area contributed by atoms with Crippen LogP contribution in [0.2, 0.25) is 0 Å². The van der Waals surface area contributed by atoms with Gasteiger partial charge in [0, 0.05) is 6.42 Å². The lowest BCUT2D eigenvalue weighted by Gasteiger charge is -2.24. The van der Waals surface area contributed by atoms with Crippen LogP contribution in [0.5, 0.6) is 0 Å². The van der Waals surface area contributed by atoms with Crippen LogP contribution in [-0.4, -0.2) is 24.4 Å². The van der Waals surface area contributed by atoms with Crippen molar-refractivity contribution in [3.63, 3.8) is 0 Å². The molecule has 2 aliphatic rings. The van der Waals surface area contributed by atoms with Gasteiger partial charge in [0.2, 0.25) is 0 Å². The Morgan fingerprint density at radius 3 is 2.50 bits per heavy atom. The molecule has 1 aliphatic heterocycles. The highest BCUT2D eigenvalue weighted by Crippen LogP contribution is 2.40. The monoisotopic (exact) mass is 162 g/mol. The van der Waals surface area contributed by atoms with Crippen molar-refractivity contribution < 1.29 is 9.47 Å². The van der Waals surface area contributed by atoms with Gasteiger partial charge < -0.3 is 9.47 Å². The summed E-state index contributed by atoms with van der Waals surface area (Å²) in [5.41, 5.74) is 0. The van der Waals surface area contributed by atoms with E-state index in [-0.39, 0.29) is 11.2 Å². The van der Waals surface area contributed by atoms with E-state index in [4.69, 9.17) is 21.1 Å². The molecule has 1 heterocycles. The molecule has 1 saturated carbocycles. The third kappa shape index (κ3) is 0.865. The van der Waals surface area contributed by atoms with E-state index in [1.807, 2.05) is 0 Å². The summed E-state index contributed by atoms with van der Waals surface area (Å²) in [6, 6.07) is 0. The number of halogens is 1. The molecule has 0 radical (unpaired) electrons. The maximum Gasteiger partial charge on any atom is 0.184 e. The Morgan fingerprint density at radius 1 is 1.30 bits per heavy atom. The minimum atomic E-state index is -0.387. The fourth-order valence-corrected chi connectivity index (χ4v) is 2.09. The Bertz CT molecular complexity index is 126. The van der Waals surface area contributed by atoms with Crippen molar-refractivity contribution in [3.8, 4) is 0 Å². The second-order valence-corrected chi connectivity index (χ2v) is 3.40. The lowest BCUT2D eigenvalue weighted by atomic mass is 10.2. The van der Waals surface area contributed by atoms with Crippen molar-refractivity contribution in [2.45, 2.75) is 30.4 Å². The molecular weight excluding hydrogens is 152 g/mol. The highest BCUT2D eigenvalue weighted by molar-refractivity contribution is 6.21. The van der Waals surface area contributed by atoms with Gasteiger partial charge in [-0.1, -0.05) is 0 Å². The van der Waals surface area contributed by atoms with Gasteiger partial charge >= 0.3 is 0 Å². The minimum absolute atomic E-state index is 0.0787. The Kier molecular flexibility index (Phi) is 1.63. The average Bonchev–Trinajstić information content (AvgIpc) is 2.48. The predicted octanol–water partition coefficient (Wildman–Crippen LogP) is 1.52. The highest BCUT2D eigenvalue weighted by atomic mass is 35.5. The first kappa shape index (κ1) is 6.89. The van der Waals surface area contributed by atoms with E-state index in [0.29, 0.717) is 13.2 Å². The van der Waals surface area contributed by atoms with E-state index in [2.05, 4.69) is 0 Å². The van der Waals surface area contributed by atoms with Crippen molar-refractivity contribution in [2.75, 3.05) is 13.2 Å². The topological polar surface area (TPSA) is 18.5 Å². The second-order valence-electron chi connectivity index (χ2n) is 2.87. The zero-order chi connectivity index (χ0) is 7.03. The van der Waals surface area contributed by atoms with Crippen LogP contribution < -0.4 is 0 Å². The Morgan fingerprint density at radius 2 is 2.00 bits per heavy atom. The molecule has 1 atom stereocenters. The maximum atomic E-state index is 6.03. The standard InChI is InChI=1S/C7H11ClO2/c8-6-2-1-3-7(6)9-4-5-10-7/h6H,1-5H2. The first-order valence-electron chi connectivity index (χ1n) is 3.75. The van der Waals surface area contributed by atoms with Gasteiger partial charge in [-0.05, 0) is 12.8 Å². The molecule has 3 heteroatoms. The zero-order valence-electron chi connectivity index (χ0n) is 5.81. The van der Waals surface area contributed by atoms with Crippen LogP contribution in [0.15, 0.2) is 0 Å². The Hall–Kier alpha value is 0.210. The van der Waals surface area contributed by atoms with Crippen LogP contribution >= 0.6 is 11.6 Å². The van der Waals surface area contributed by atoms with Crippen molar-refractivity contribution in [3.05, 3.63) is 0 Å². The molecule has 0 amide bonds. The fourth-order valence-electron chi connectivity index (χ4n) is 1.70. The maximum absolute atomic E-state index is 6.03. The summed E-state index contributed by atoms with van der Waals surface area (Å²) >= 11 is 6.03. The lowest BCUT2D eigenvalue weighted by molar-refractivity contribution is -0.147. The van der Waals surface area contributed by atoms with E-state index in [1.165, 1.54) is 0 Å². The van der Waals surface area contributed by atoms with Gasteiger partial charge in [-0.25, -0.2) is 0 Å². The summed E-state index contributed by atoms with van der Waals surface area (Å²) in [6.45, 7) is 1.42. The molecule has 2 fully saturated rings. The van der Waals surface area contributed by atoms with Crippen LogP contribution in [0.1, 0.15) is 19.3 Å². The van der Waals surface area contributed by atoms with E-state index in [1.54, 1.807) is 0 Å². The van der Waals surface area contributed by atoms with Crippen LogP contribution in [0.3, 0.4) is 0 Å². The molecule has 2 rings (SSSR count). The van der Waals surface area contributed by atoms with Crippen molar-refractivity contribution in [1.29, 1.82) is 0 Å². The Labute approximate surface area is 65.4 Å². The van der Waals surface area contributed by atoms with Crippen LogP contribution in [0, 0.1) is 0 Å². The third-order valence-corrected chi connectivity index (χ3v) is 2.79. The molecule has 0 aromatic rings. The van der Waals surface area contributed by atoms with Gasteiger partial charge in [-0.3, -0.25) is 0 Å². The lowest BCUT2D eigenvalue weighted by Crippen LogP contribution is -2.34. The van der Waals surface area contributed by atoms with E-state index < -0.39 is 0 Å². The fraction of sp³-hybridized carbons (Fsp3) is 1.00. The molecule has 0 aromatic carbocycles. The molecule has 10 heavy (non-hydrogen) atoms. The first-order chi connectivity index (χ1) is 4.83. The van der Waals surface area contributed by atoms with Crippen molar-refractivity contribution >= 4 is 11.6 Å². The summed E-state index contributed by atoms with van der Waals surface area (Å²) in [6.07, 6.45) is 3.14. The van der Waals surface area contributed by atoms with Gasteiger partial charge in [0.05, 0.1) is 18.6 Å². The van der Waals surface area contributed by atoms with Gasteiger partial charge in [-0.2, -0.15) is 0 Å². The summed E-state index contributed by atoms with van der Waals surface area (Å²) in [5.74, 6) is -0.387. The van der Waals surface area contributed by atoms with E-state index in [9.17, 15) is 0 Å². The molecule has 1 saturated heterocycles. The molecule has 58 valence electrons. The Balaban J connectivity index is 2.11. The molecule has 1 aliphatic carbocycles. The molecule has 1 spiro atoms. The van der Waals surface area contributed by atoms with E-state index in [0.717, 1.165) is 19.3 Å². The summed E-state index contributed by atoms with van der Waals surface area (Å²) < 4.78 is 10.9. The smallest absolute Gasteiger partial charge is 0.184 e. The molecule has 0 aromatic heterocycles. The molecule has 0 bridgehead atoms. The van der Waals surface area contributed by atoms with Gasteiger partial charge in [0.15, 0.2) is 5.79 Å². The molecular formula is C7H11ClO2. The SMILES string of the molecule is ClC1CCCC12OCCO2. The zero-order valence-corrected chi connectivity index (χ0v) is 6.56. The van der Waals surface area contributed by atoms with E-state index >= 15 is 0 Å². The molecule has 2 nitrogen and oxygen atoms in total. The number of rotatable bonds is 0. The van der Waals surface area contributed by atoms with Gasteiger partial charge in [0.25, 0.3) is 0 Å². The average molecular weight is 163 g/mol. The third-order valence-electron chi connectivity index (χ3n) is 2.24. The highest BCUT2D eigenvalue weighted by Gasteiger charge is 2.46. The quantitative estimate of drug-likeness (QED) is 0.503.